The van der Waals surface area contributed by atoms with Crippen LogP contribution in [0.15, 0.2) is 46.9 Å². The molecular formula is C16H17BrFNO. The predicted octanol–water partition coefficient (Wildman–Crippen LogP) is 4.80. The van der Waals surface area contributed by atoms with E-state index in [2.05, 4.69) is 15.9 Å². The minimum absolute atomic E-state index is 0.255. The van der Waals surface area contributed by atoms with Crippen molar-refractivity contribution in [2.75, 3.05) is 11.4 Å². The van der Waals surface area contributed by atoms with Gasteiger partial charge in [0.25, 0.3) is 0 Å². The Hall–Kier alpha value is -1.39. The molecule has 2 rings (SSSR count). The molecule has 0 aromatic heterocycles. The number of hydrogen-bond donors (Lipinski definition) is 1. The number of aliphatic hydroxyl groups excluding tert-OH is 1. The van der Waals surface area contributed by atoms with Crippen LogP contribution in [0.5, 0.6) is 0 Å². The number of halogens is 2. The minimum Gasteiger partial charge on any atom is -0.389 e. The summed E-state index contributed by atoms with van der Waals surface area (Å²) in [5.74, 6) is -0.255. The first-order valence-corrected chi connectivity index (χ1v) is 7.33. The molecule has 0 aliphatic heterocycles. The second-order valence-electron chi connectivity index (χ2n) is 4.60. The van der Waals surface area contributed by atoms with Crippen molar-refractivity contribution < 1.29 is 9.50 Å². The Kier molecular flexibility index (Phi) is 4.78. The number of hydrogen-bond acceptors (Lipinski definition) is 2. The summed E-state index contributed by atoms with van der Waals surface area (Å²) in [5, 5.41) is 9.93. The van der Waals surface area contributed by atoms with Crippen LogP contribution >= 0.6 is 15.9 Å². The fourth-order valence-corrected chi connectivity index (χ4v) is 2.57. The van der Waals surface area contributed by atoms with E-state index in [-0.39, 0.29) is 5.82 Å². The Morgan fingerprint density at radius 1 is 1.20 bits per heavy atom. The highest BCUT2D eigenvalue weighted by molar-refractivity contribution is 9.10. The van der Waals surface area contributed by atoms with Gasteiger partial charge in [-0.15, -0.1) is 0 Å². The van der Waals surface area contributed by atoms with Gasteiger partial charge in [-0.25, -0.2) is 4.39 Å². The van der Waals surface area contributed by atoms with Gasteiger partial charge in [0, 0.05) is 28.0 Å². The highest BCUT2D eigenvalue weighted by Gasteiger charge is 2.15. The Morgan fingerprint density at radius 2 is 1.85 bits per heavy atom. The molecule has 0 aliphatic carbocycles. The van der Waals surface area contributed by atoms with Gasteiger partial charge in [-0.2, -0.15) is 0 Å². The van der Waals surface area contributed by atoms with E-state index >= 15 is 0 Å². The van der Waals surface area contributed by atoms with Gasteiger partial charge < -0.3 is 10.0 Å². The third kappa shape index (κ3) is 3.19. The first-order valence-electron chi connectivity index (χ1n) is 6.53. The van der Waals surface area contributed by atoms with Gasteiger partial charge in [0.1, 0.15) is 5.82 Å². The normalized spacial score (nSPS) is 12.2. The first kappa shape index (κ1) is 15.0. The van der Waals surface area contributed by atoms with Crippen molar-refractivity contribution in [3.05, 3.63) is 58.3 Å². The largest absolute Gasteiger partial charge is 0.389 e. The molecule has 4 heteroatoms. The van der Waals surface area contributed by atoms with Crippen LogP contribution in [0.4, 0.5) is 15.8 Å². The van der Waals surface area contributed by atoms with Gasteiger partial charge in [-0.05, 0) is 50.2 Å². The summed E-state index contributed by atoms with van der Waals surface area (Å²) in [6.45, 7) is 4.49. The SMILES string of the molecule is CCN(c1ccc(F)cc1)c1cc(Br)ccc1C(C)O. The monoisotopic (exact) mass is 337 g/mol. The molecule has 0 bridgehead atoms. The maximum absolute atomic E-state index is 13.1. The topological polar surface area (TPSA) is 23.5 Å². The number of rotatable bonds is 4. The maximum Gasteiger partial charge on any atom is 0.123 e. The molecular weight excluding hydrogens is 321 g/mol. The zero-order valence-corrected chi connectivity index (χ0v) is 13.1. The molecule has 20 heavy (non-hydrogen) atoms. The molecule has 0 heterocycles. The van der Waals surface area contributed by atoms with Crippen LogP contribution in [0.3, 0.4) is 0 Å². The first-order chi connectivity index (χ1) is 9.52. The van der Waals surface area contributed by atoms with E-state index < -0.39 is 6.10 Å². The lowest BCUT2D eigenvalue weighted by Gasteiger charge is -2.27. The molecule has 0 saturated heterocycles. The van der Waals surface area contributed by atoms with Gasteiger partial charge in [-0.1, -0.05) is 22.0 Å². The van der Waals surface area contributed by atoms with Crippen molar-refractivity contribution >= 4 is 27.3 Å². The summed E-state index contributed by atoms with van der Waals surface area (Å²) in [7, 11) is 0. The average Bonchev–Trinajstić information content (AvgIpc) is 2.41. The summed E-state index contributed by atoms with van der Waals surface area (Å²) in [6, 6.07) is 12.1. The van der Waals surface area contributed by atoms with Gasteiger partial charge in [0.05, 0.1) is 6.10 Å². The van der Waals surface area contributed by atoms with E-state index in [0.29, 0.717) is 0 Å². The number of aliphatic hydroxyl groups is 1. The summed E-state index contributed by atoms with van der Waals surface area (Å²) in [5.41, 5.74) is 2.66. The van der Waals surface area contributed by atoms with Gasteiger partial charge in [0.15, 0.2) is 0 Å². The zero-order chi connectivity index (χ0) is 14.7. The van der Waals surface area contributed by atoms with E-state index in [0.717, 1.165) is 28.0 Å². The summed E-state index contributed by atoms with van der Waals surface area (Å²) in [6.07, 6.45) is -0.562. The van der Waals surface area contributed by atoms with Crippen molar-refractivity contribution in [2.45, 2.75) is 20.0 Å². The Labute approximate surface area is 127 Å². The summed E-state index contributed by atoms with van der Waals surface area (Å²) in [4.78, 5) is 2.05. The zero-order valence-electron chi connectivity index (χ0n) is 11.5. The van der Waals surface area contributed by atoms with Crippen LogP contribution in [0.25, 0.3) is 0 Å². The van der Waals surface area contributed by atoms with E-state index in [1.54, 1.807) is 19.1 Å². The molecule has 0 spiro atoms. The molecule has 2 aromatic carbocycles. The van der Waals surface area contributed by atoms with Crippen molar-refractivity contribution in [3.63, 3.8) is 0 Å². The van der Waals surface area contributed by atoms with Crippen molar-refractivity contribution in [1.82, 2.24) is 0 Å². The average molecular weight is 338 g/mol. The van der Waals surface area contributed by atoms with Crippen molar-refractivity contribution in [2.24, 2.45) is 0 Å². The van der Waals surface area contributed by atoms with Gasteiger partial charge >= 0.3 is 0 Å². The van der Waals surface area contributed by atoms with Crippen LogP contribution in [0.1, 0.15) is 25.5 Å². The van der Waals surface area contributed by atoms with E-state index in [1.807, 2.05) is 30.0 Å². The van der Waals surface area contributed by atoms with Crippen LogP contribution < -0.4 is 4.90 Å². The third-order valence-corrected chi connectivity index (χ3v) is 3.68. The number of benzene rings is 2. The second kappa shape index (κ2) is 6.37. The molecule has 106 valence electrons. The lowest BCUT2D eigenvalue weighted by Crippen LogP contribution is -2.18. The fourth-order valence-electron chi connectivity index (χ4n) is 2.22. The molecule has 0 aliphatic rings. The van der Waals surface area contributed by atoms with Crippen LogP contribution in [-0.2, 0) is 0 Å². The highest BCUT2D eigenvalue weighted by atomic mass is 79.9. The Morgan fingerprint density at radius 3 is 2.40 bits per heavy atom. The molecule has 0 fully saturated rings. The van der Waals surface area contributed by atoms with Gasteiger partial charge in [0.2, 0.25) is 0 Å². The lowest BCUT2D eigenvalue weighted by atomic mass is 10.1. The summed E-state index contributed by atoms with van der Waals surface area (Å²) >= 11 is 3.46. The maximum atomic E-state index is 13.1. The van der Waals surface area contributed by atoms with E-state index in [9.17, 15) is 9.50 Å². The highest BCUT2D eigenvalue weighted by Crippen LogP contribution is 2.34. The van der Waals surface area contributed by atoms with Crippen LogP contribution in [0, 0.1) is 5.82 Å². The standard InChI is InChI=1S/C16H17BrFNO/c1-3-19(14-7-5-13(18)6-8-14)16-10-12(17)4-9-15(16)11(2)20/h4-11,20H,3H2,1-2H3. The third-order valence-electron chi connectivity index (χ3n) is 3.19. The fraction of sp³-hybridized carbons (Fsp3) is 0.250. The quantitative estimate of drug-likeness (QED) is 0.866. The van der Waals surface area contributed by atoms with E-state index in [1.165, 1.54) is 12.1 Å². The Bertz CT molecular complexity index is 584. The van der Waals surface area contributed by atoms with E-state index in [4.69, 9.17) is 0 Å². The van der Waals surface area contributed by atoms with Gasteiger partial charge in [-0.3, -0.25) is 0 Å². The molecule has 1 N–H and O–H groups in total. The summed E-state index contributed by atoms with van der Waals surface area (Å²) < 4.78 is 14.0. The molecule has 0 amide bonds. The van der Waals surface area contributed by atoms with Crippen molar-refractivity contribution in [3.8, 4) is 0 Å². The van der Waals surface area contributed by atoms with Crippen LogP contribution in [-0.4, -0.2) is 11.7 Å². The molecule has 0 radical (unpaired) electrons. The molecule has 0 saturated carbocycles. The Balaban J connectivity index is 2.51. The molecule has 2 nitrogen and oxygen atoms in total. The van der Waals surface area contributed by atoms with Crippen LogP contribution in [0.2, 0.25) is 0 Å². The lowest BCUT2D eigenvalue weighted by molar-refractivity contribution is 0.199. The minimum atomic E-state index is -0.562. The molecule has 1 atom stereocenters. The predicted molar refractivity (Wildman–Crippen MR) is 83.9 cm³/mol. The molecule has 1 unspecified atom stereocenters. The molecule has 2 aromatic rings. The smallest absolute Gasteiger partial charge is 0.123 e. The number of anilines is 2. The number of nitrogens with zero attached hydrogens (tertiary/aromatic N) is 1. The van der Waals surface area contributed by atoms with Crippen molar-refractivity contribution in [1.29, 1.82) is 0 Å². The second-order valence-corrected chi connectivity index (χ2v) is 5.52.